The van der Waals surface area contributed by atoms with Gasteiger partial charge in [-0.2, -0.15) is 9.40 Å². The van der Waals surface area contributed by atoms with Crippen LogP contribution in [0.5, 0.6) is 0 Å². The Morgan fingerprint density at radius 3 is 2.76 bits per heavy atom. The van der Waals surface area contributed by atoms with Crippen LogP contribution in [0.2, 0.25) is 0 Å². The lowest BCUT2D eigenvalue weighted by molar-refractivity contribution is 0.472. The van der Waals surface area contributed by atoms with Gasteiger partial charge in [0.15, 0.2) is 0 Å². The minimum Gasteiger partial charge on any atom is -0.326 e. The van der Waals surface area contributed by atoms with Crippen molar-refractivity contribution in [1.29, 1.82) is 0 Å². The van der Waals surface area contributed by atoms with Crippen LogP contribution >= 0.6 is 0 Å². The first-order valence-electron chi connectivity index (χ1n) is 7.12. The third kappa shape index (κ3) is 2.45. The first-order valence-corrected chi connectivity index (χ1v) is 8.56. The third-order valence-corrected chi connectivity index (χ3v) is 5.74. The SMILES string of the molecule is CC(C)n1ncc2cc(S(=O)(=O)N3CCC(N)C3)ccc21. The summed E-state index contributed by atoms with van der Waals surface area (Å²) in [6.45, 7) is 4.98. The largest absolute Gasteiger partial charge is 0.326 e. The zero-order valence-electron chi connectivity index (χ0n) is 12.2. The molecule has 1 aromatic carbocycles. The average Bonchev–Trinajstić information content (AvgIpc) is 3.03. The summed E-state index contributed by atoms with van der Waals surface area (Å²) in [5.74, 6) is 0. The summed E-state index contributed by atoms with van der Waals surface area (Å²) in [5, 5.41) is 5.16. The van der Waals surface area contributed by atoms with E-state index in [0.717, 1.165) is 10.9 Å². The van der Waals surface area contributed by atoms with Gasteiger partial charge in [0.2, 0.25) is 10.0 Å². The summed E-state index contributed by atoms with van der Waals surface area (Å²) >= 11 is 0. The van der Waals surface area contributed by atoms with Crippen molar-refractivity contribution >= 4 is 20.9 Å². The standard InChI is InChI=1S/C14H20N4O2S/c1-10(2)18-14-4-3-13(7-11(14)8-16-18)21(19,20)17-6-5-12(15)9-17/h3-4,7-8,10,12H,5-6,9,15H2,1-2H3. The molecule has 1 aliphatic rings. The molecule has 0 amide bonds. The molecule has 1 saturated heterocycles. The lowest BCUT2D eigenvalue weighted by Crippen LogP contribution is -2.31. The minimum absolute atomic E-state index is 0.0628. The predicted octanol–water partition coefficient (Wildman–Crippen LogP) is 1.34. The van der Waals surface area contributed by atoms with E-state index >= 15 is 0 Å². The fourth-order valence-electron chi connectivity index (χ4n) is 2.72. The highest BCUT2D eigenvalue weighted by atomic mass is 32.2. The second-order valence-electron chi connectivity index (χ2n) is 5.82. The summed E-state index contributed by atoms with van der Waals surface area (Å²) in [5.41, 5.74) is 6.75. The Morgan fingerprint density at radius 2 is 2.14 bits per heavy atom. The number of hydrogen-bond acceptors (Lipinski definition) is 4. The van der Waals surface area contributed by atoms with Crippen LogP contribution < -0.4 is 5.73 Å². The van der Waals surface area contributed by atoms with Crippen LogP contribution in [-0.2, 0) is 10.0 Å². The van der Waals surface area contributed by atoms with E-state index < -0.39 is 10.0 Å². The van der Waals surface area contributed by atoms with Gasteiger partial charge >= 0.3 is 0 Å². The van der Waals surface area contributed by atoms with E-state index in [9.17, 15) is 8.42 Å². The van der Waals surface area contributed by atoms with E-state index in [-0.39, 0.29) is 12.1 Å². The van der Waals surface area contributed by atoms with E-state index in [1.54, 1.807) is 18.3 Å². The molecule has 1 fully saturated rings. The molecule has 1 atom stereocenters. The van der Waals surface area contributed by atoms with E-state index in [2.05, 4.69) is 5.10 Å². The van der Waals surface area contributed by atoms with Crippen LogP contribution in [0.1, 0.15) is 26.3 Å². The van der Waals surface area contributed by atoms with Crippen molar-refractivity contribution in [3.63, 3.8) is 0 Å². The molecular weight excluding hydrogens is 288 g/mol. The van der Waals surface area contributed by atoms with Gasteiger partial charge in [-0.1, -0.05) is 0 Å². The maximum Gasteiger partial charge on any atom is 0.243 e. The second-order valence-corrected chi connectivity index (χ2v) is 7.75. The molecule has 0 saturated carbocycles. The Morgan fingerprint density at radius 1 is 1.38 bits per heavy atom. The van der Waals surface area contributed by atoms with Gasteiger partial charge < -0.3 is 5.73 Å². The van der Waals surface area contributed by atoms with Gasteiger partial charge in [-0.25, -0.2) is 8.42 Å². The van der Waals surface area contributed by atoms with Crippen LogP contribution in [0, 0.1) is 0 Å². The second kappa shape index (κ2) is 5.08. The maximum atomic E-state index is 12.6. The molecule has 0 radical (unpaired) electrons. The van der Waals surface area contributed by atoms with Crippen LogP contribution in [0.4, 0.5) is 0 Å². The number of rotatable bonds is 3. The zero-order chi connectivity index (χ0) is 15.2. The molecule has 6 nitrogen and oxygen atoms in total. The first-order chi connectivity index (χ1) is 9.89. The van der Waals surface area contributed by atoms with Gasteiger partial charge in [-0.3, -0.25) is 4.68 Å². The van der Waals surface area contributed by atoms with E-state index in [1.807, 2.05) is 24.6 Å². The maximum absolute atomic E-state index is 12.6. The summed E-state index contributed by atoms with van der Waals surface area (Å²) in [7, 11) is -3.46. The van der Waals surface area contributed by atoms with Gasteiger partial charge in [0.1, 0.15) is 0 Å². The summed E-state index contributed by atoms with van der Waals surface area (Å²) in [4.78, 5) is 0.312. The lowest BCUT2D eigenvalue weighted by atomic mass is 10.2. The van der Waals surface area contributed by atoms with E-state index in [1.165, 1.54) is 4.31 Å². The molecule has 2 aromatic rings. The molecule has 0 aliphatic carbocycles. The van der Waals surface area contributed by atoms with E-state index in [0.29, 0.717) is 24.4 Å². The number of aromatic nitrogens is 2. The van der Waals surface area contributed by atoms with Crippen LogP contribution in [0.3, 0.4) is 0 Å². The lowest BCUT2D eigenvalue weighted by Gasteiger charge is -2.16. The fourth-order valence-corrected chi connectivity index (χ4v) is 4.27. The fraction of sp³-hybridized carbons (Fsp3) is 0.500. The molecule has 1 unspecified atom stereocenters. The molecule has 1 aliphatic heterocycles. The van der Waals surface area contributed by atoms with Gasteiger partial charge in [-0.05, 0) is 38.5 Å². The highest BCUT2D eigenvalue weighted by Crippen LogP contribution is 2.25. The van der Waals surface area contributed by atoms with Gasteiger partial charge in [0.25, 0.3) is 0 Å². The highest BCUT2D eigenvalue weighted by molar-refractivity contribution is 7.89. The van der Waals surface area contributed by atoms with Crippen molar-refractivity contribution in [3.8, 4) is 0 Å². The highest BCUT2D eigenvalue weighted by Gasteiger charge is 2.31. The monoisotopic (exact) mass is 308 g/mol. The Kier molecular flexibility index (Phi) is 3.51. The zero-order valence-corrected chi connectivity index (χ0v) is 13.0. The smallest absolute Gasteiger partial charge is 0.243 e. The number of hydrogen-bond donors (Lipinski definition) is 1. The number of nitrogens with zero attached hydrogens (tertiary/aromatic N) is 3. The summed E-state index contributed by atoms with van der Waals surface area (Å²) in [6, 6.07) is 5.35. The molecule has 3 rings (SSSR count). The van der Waals surface area contributed by atoms with Gasteiger partial charge in [0.05, 0.1) is 16.6 Å². The normalized spacial score (nSPS) is 20.7. The molecular formula is C14H20N4O2S. The molecule has 0 bridgehead atoms. The topological polar surface area (TPSA) is 81.2 Å². The van der Waals surface area contributed by atoms with E-state index in [4.69, 9.17) is 5.73 Å². The molecule has 0 spiro atoms. The molecule has 7 heteroatoms. The number of benzene rings is 1. The Bertz CT molecular complexity index is 766. The molecule has 114 valence electrons. The van der Waals surface area contributed by atoms with Crippen molar-refractivity contribution in [2.24, 2.45) is 5.73 Å². The Hall–Kier alpha value is -1.44. The quantitative estimate of drug-likeness (QED) is 0.927. The van der Waals surface area contributed by atoms with Crippen molar-refractivity contribution in [2.75, 3.05) is 13.1 Å². The van der Waals surface area contributed by atoms with Crippen LogP contribution in [-0.4, -0.2) is 41.6 Å². The van der Waals surface area contributed by atoms with Gasteiger partial charge in [-0.15, -0.1) is 0 Å². The van der Waals surface area contributed by atoms with Crippen molar-refractivity contribution in [1.82, 2.24) is 14.1 Å². The van der Waals surface area contributed by atoms with Crippen molar-refractivity contribution in [3.05, 3.63) is 24.4 Å². The van der Waals surface area contributed by atoms with Crippen LogP contribution in [0.25, 0.3) is 10.9 Å². The molecule has 1 aromatic heterocycles. The molecule has 2 heterocycles. The first kappa shape index (κ1) is 14.5. The molecule has 2 N–H and O–H groups in total. The molecule has 21 heavy (non-hydrogen) atoms. The Balaban J connectivity index is 2.01. The Labute approximate surface area is 124 Å². The summed E-state index contributed by atoms with van der Waals surface area (Å²) < 4.78 is 28.6. The summed E-state index contributed by atoms with van der Waals surface area (Å²) in [6.07, 6.45) is 2.43. The van der Waals surface area contributed by atoms with Crippen molar-refractivity contribution in [2.45, 2.75) is 37.2 Å². The number of fused-ring (bicyclic) bond motifs is 1. The average molecular weight is 308 g/mol. The minimum atomic E-state index is -3.46. The number of sulfonamides is 1. The van der Waals surface area contributed by atoms with Crippen molar-refractivity contribution < 1.29 is 8.42 Å². The van der Waals surface area contributed by atoms with Gasteiger partial charge in [0, 0.05) is 30.6 Å². The van der Waals surface area contributed by atoms with Crippen LogP contribution in [0.15, 0.2) is 29.3 Å². The number of nitrogens with two attached hydrogens (primary N) is 1. The third-order valence-electron chi connectivity index (χ3n) is 3.88. The predicted molar refractivity (Wildman–Crippen MR) is 81.5 cm³/mol.